The summed E-state index contributed by atoms with van der Waals surface area (Å²) in [6.45, 7) is 7.13. The average Bonchev–Trinajstić information content (AvgIpc) is 2.69. The van der Waals surface area contributed by atoms with E-state index in [1.165, 1.54) is 23.4 Å². The van der Waals surface area contributed by atoms with Crippen molar-refractivity contribution in [3.63, 3.8) is 0 Å². The number of nitrogens with one attached hydrogen (secondary N) is 2. The number of benzene rings is 2. The van der Waals surface area contributed by atoms with Crippen molar-refractivity contribution in [2.75, 3.05) is 22.3 Å². The standard InChI is InChI=1S/C21H27N3O5S2/c1-5-30(26,27)24-9-8-17-6-7-19(12-18(17)13-24)23-31(28,29)20-10-14(2)21(15(3)11-20)22-16(4)25/h6-7,10-12,23H,5,8-9,13H2,1-4H3,(H,22,25). The molecule has 1 amide bonds. The highest BCUT2D eigenvalue weighted by molar-refractivity contribution is 7.92. The quantitative estimate of drug-likeness (QED) is 0.681. The fourth-order valence-electron chi connectivity index (χ4n) is 3.68. The van der Waals surface area contributed by atoms with Crippen LogP contribution in [0.3, 0.4) is 0 Å². The summed E-state index contributed by atoms with van der Waals surface area (Å²) in [5.74, 6) is -0.199. The van der Waals surface area contributed by atoms with Crippen molar-refractivity contribution in [3.05, 3.63) is 52.6 Å². The van der Waals surface area contributed by atoms with Gasteiger partial charge in [0, 0.05) is 31.4 Å². The SMILES string of the molecule is CCS(=O)(=O)N1CCc2ccc(NS(=O)(=O)c3cc(C)c(NC(C)=O)c(C)c3)cc2C1. The zero-order valence-electron chi connectivity index (χ0n) is 18.0. The maximum Gasteiger partial charge on any atom is 0.261 e. The molecule has 1 aliphatic rings. The van der Waals surface area contributed by atoms with Crippen molar-refractivity contribution >= 4 is 37.3 Å². The first-order valence-corrected chi connectivity index (χ1v) is 13.0. The summed E-state index contributed by atoms with van der Waals surface area (Å²) in [5, 5.41) is 2.72. The van der Waals surface area contributed by atoms with Crippen molar-refractivity contribution in [3.8, 4) is 0 Å². The van der Waals surface area contributed by atoms with Crippen LogP contribution in [0.15, 0.2) is 35.2 Å². The summed E-state index contributed by atoms with van der Waals surface area (Å²) in [5.41, 5.74) is 4.05. The fraction of sp³-hybridized carbons (Fsp3) is 0.381. The molecule has 0 unspecified atom stereocenters. The fourth-order valence-corrected chi connectivity index (χ4v) is 5.97. The Bertz CT molecular complexity index is 1210. The predicted octanol–water partition coefficient (Wildman–Crippen LogP) is 2.77. The van der Waals surface area contributed by atoms with Gasteiger partial charge in [0.25, 0.3) is 10.0 Å². The Morgan fingerprint density at radius 1 is 1.03 bits per heavy atom. The predicted molar refractivity (Wildman–Crippen MR) is 121 cm³/mol. The van der Waals surface area contributed by atoms with Gasteiger partial charge in [-0.1, -0.05) is 6.07 Å². The molecule has 0 aliphatic carbocycles. The number of hydrogen-bond donors (Lipinski definition) is 2. The van der Waals surface area contributed by atoms with Crippen molar-refractivity contribution in [1.29, 1.82) is 0 Å². The largest absolute Gasteiger partial charge is 0.326 e. The van der Waals surface area contributed by atoms with E-state index in [0.29, 0.717) is 35.5 Å². The summed E-state index contributed by atoms with van der Waals surface area (Å²) in [4.78, 5) is 11.5. The van der Waals surface area contributed by atoms with E-state index in [1.807, 2.05) is 6.07 Å². The monoisotopic (exact) mass is 465 g/mol. The maximum atomic E-state index is 13.0. The number of amides is 1. The van der Waals surface area contributed by atoms with Gasteiger partial charge in [-0.2, -0.15) is 4.31 Å². The van der Waals surface area contributed by atoms with E-state index in [0.717, 1.165) is 11.1 Å². The number of carbonyl (C=O) groups excluding carboxylic acids is 1. The lowest BCUT2D eigenvalue weighted by atomic mass is 10.0. The maximum absolute atomic E-state index is 13.0. The lowest BCUT2D eigenvalue weighted by Crippen LogP contribution is -2.36. The molecule has 10 heteroatoms. The third-order valence-electron chi connectivity index (χ3n) is 5.31. The molecule has 0 fully saturated rings. The van der Waals surface area contributed by atoms with E-state index in [4.69, 9.17) is 0 Å². The summed E-state index contributed by atoms with van der Waals surface area (Å²) in [6.07, 6.45) is 0.588. The first-order chi connectivity index (χ1) is 14.4. The molecule has 2 aromatic carbocycles. The van der Waals surface area contributed by atoms with E-state index < -0.39 is 20.0 Å². The highest BCUT2D eigenvalue weighted by Crippen LogP contribution is 2.28. The number of nitrogens with zero attached hydrogens (tertiary/aromatic N) is 1. The van der Waals surface area contributed by atoms with Crippen molar-refractivity contribution in [1.82, 2.24) is 4.31 Å². The minimum atomic E-state index is -3.87. The van der Waals surface area contributed by atoms with Gasteiger partial charge in [-0.05, 0) is 73.7 Å². The summed E-state index contributed by atoms with van der Waals surface area (Å²) in [6, 6.07) is 8.23. The molecular weight excluding hydrogens is 438 g/mol. The molecule has 2 N–H and O–H groups in total. The molecule has 31 heavy (non-hydrogen) atoms. The first-order valence-electron chi connectivity index (χ1n) is 9.94. The number of fused-ring (bicyclic) bond motifs is 1. The van der Waals surface area contributed by atoms with Crippen LogP contribution in [0.4, 0.5) is 11.4 Å². The second kappa shape index (κ2) is 8.60. The van der Waals surface area contributed by atoms with Gasteiger partial charge in [-0.3, -0.25) is 9.52 Å². The van der Waals surface area contributed by atoms with Crippen LogP contribution in [0.2, 0.25) is 0 Å². The van der Waals surface area contributed by atoms with Crippen molar-refractivity contribution in [2.45, 2.75) is 45.6 Å². The first kappa shape index (κ1) is 23.2. The second-order valence-corrected chi connectivity index (χ2v) is 11.6. The Morgan fingerprint density at radius 3 is 2.26 bits per heavy atom. The Morgan fingerprint density at radius 2 is 1.68 bits per heavy atom. The van der Waals surface area contributed by atoms with Gasteiger partial charge in [0.2, 0.25) is 15.9 Å². The van der Waals surface area contributed by atoms with Crippen molar-refractivity contribution < 1.29 is 21.6 Å². The lowest BCUT2D eigenvalue weighted by Gasteiger charge is -2.28. The third-order valence-corrected chi connectivity index (χ3v) is 8.50. The zero-order valence-corrected chi connectivity index (χ0v) is 19.7. The molecule has 8 nitrogen and oxygen atoms in total. The molecule has 1 heterocycles. The van der Waals surface area contributed by atoms with Gasteiger partial charge in [-0.25, -0.2) is 16.8 Å². The van der Waals surface area contributed by atoms with E-state index in [1.54, 1.807) is 32.9 Å². The van der Waals surface area contributed by atoms with Crippen LogP contribution >= 0.6 is 0 Å². The van der Waals surface area contributed by atoms with Gasteiger partial charge in [0.1, 0.15) is 0 Å². The van der Waals surface area contributed by atoms with Crippen LogP contribution in [0.25, 0.3) is 0 Å². The Hall–Kier alpha value is -2.43. The van der Waals surface area contributed by atoms with Crippen molar-refractivity contribution in [2.24, 2.45) is 0 Å². The Kier molecular flexibility index (Phi) is 6.45. The van der Waals surface area contributed by atoms with E-state index >= 15 is 0 Å². The molecule has 0 spiro atoms. The molecule has 0 saturated heterocycles. The van der Waals surface area contributed by atoms with Crippen LogP contribution < -0.4 is 10.0 Å². The molecule has 0 aromatic heterocycles. The summed E-state index contributed by atoms with van der Waals surface area (Å²) < 4.78 is 54.4. The number of rotatable bonds is 6. The average molecular weight is 466 g/mol. The molecule has 0 saturated carbocycles. The van der Waals surface area contributed by atoms with Crippen LogP contribution in [-0.2, 0) is 37.8 Å². The third kappa shape index (κ3) is 5.08. The van der Waals surface area contributed by atoms with Gasteiger partial charge in [-0.15, -0.1) is 0 Å². The smallest absolute Gasteiger partial charge is 0.261 e. The molecule has 3 rings (SSSR count). The molecular formula is C21H27N3O5S2. The molecule has 0 atom stereocenters. The highest BCUT2D eigenvalue weighted by Gasteiger charge is 2.26. The Balaban J connectivity index is 1.88. The molecule has 168 valence electrons. The molecule has 0 bridgehead atoms. The Labute approximate surface area is 183 Å². The van der Waals surface area contributed by atoms with E-state index in [2.05, 4.69) is 10.0 Å². The topological polar surface area (TPSA) is 113 Å². The molecule has 2 aromatic rings. The van der Waals surface area contributed by atoms with E-state index in [9.17, 15) is 21.6 Å². The second-order valence-electron chi connectivity index (χ2n) is 7.69. The summed E-state index contributed by atoms with van der Waals surface area (Å²) >= 11 is 0. The minimum absolute atomic E-state index is 0.0296. The normalized spacial score (nSPS) is 14.7. The lowest BCUT2D eigenvalue weighted by molar-refractivity contribution is -0.114. The van der Waals surface area contributed by atoms with E-state index in [-0.39, 0.29) is 23.1 Å². The van der Waals surface area contributed by atoms with Crippen LogP contribution in [0, 0.1) is 13.8 Å². The molecule has 1 aliphatic heterocycles. The van der Waals surface area contributed by atoms with Crippen LogP contribution in [0.1, 0.15) is 36.1 Å². The van der Waals surface area contributed by atoms with Crippen LogP contribution in [0.5, 0.6) is 0 Å². The number of carbonyl (C=O) groups is 1. The molecule has 0 radical (unpaired) electrons. The van der Waals surface area contributed by atoms with Gasteiger partial charge < -0.3 is 5.32 Å². The van der Waals surface area contributed by atoms with Gasteiger partial charge >= 0.3 is 0 Å². The van der Waals surface area contributed by atoms with Gasteiger partial charge in [0.05, 0.1) is 10.6 Å². The van der Waals surface area contributed by atoms with Crippen LogP contribution in [-0.4, -0.2) is 39.3 Å². The van der Waals surface area contributed by atoms with Gasteiger partial charge in [0.15, 0.2) is 0 Å². The number of anilines is 2. The number of hydrogen-bond acceptors (Lipinski definition) is 5. The number of aryl methyl sites for hydroxylation is 2. The summed E-state index contributed by atoms with van der Waals surface area (Å²) in [7, 11) is -7.18. The number of sulfonamides is 2. The highest BCUT2D eigenvalue weighted by atomic mass is 32.2. The minimum Gasteiger partial charge on any atom is -0.326 e. The zero-order chi connectivity index (χ0) is 23.0.